The molecule has 0 spiro atoms. The first-order chi connectivity index (χ1) is 12.2. The van der Waals surface area contributed by atoms with E-state index >= 15 is 0 Å². The van der Waals surface area contributed by atoms with Gasteiger partial charge in [0.25, 0.3) is 11.8 Å². The number of carbonyl (C=O) groups excluding carboxylic acids is 2. The fourth-order valence-electron chi connectivity index (χ4n) is 3.40. The van der Waals surface area contributed by atoms with Crippen LogP contribution in [0, 0.1) is 0 Å². The molecule has 128 valence electrons. The second-order valence-electron chi connectivity index (χ2n) is 6.50. The van der Waals surface area contributed by atoms with Gasteiger partial charge >= 0.3 is 0 Å². The zero-order valence-corrected chi connectivity index (χ0v) is 13.9. The Bertz CT molecular complexity index is 787. The van der Waals surface area contributed by atoms with Gasteiger partial charge in [-0.15, -0.1) is 0 Å². The van der Waals surface area contributed by atoms with E-state index in [1.165, 1.54) is 11.1 Å². The fourth-order valence-corrected chi connectivity index (χ4v) is 3.40. The highest BCUT2D eigenvalue weighted by molar-refractivity contribution is 5.98. The van der Waals surface area contributed by atoms with E-state index in [1.54, 1.807) is 24.3 Å². The maximum absolute atomic E-state index is 12.8. The molecule has 0 aromatic heterocycles. The van der Waals surface area contributed by atoms with Crippen LogP contribution in [0.4, 0.5) is 5.69 Å². The third kappa shape index (κ3) is 3.28. The monoisotopic (exact) mass is 336 g/mol. The van der Waals surface area contributed by atoms with E-state index in [4.69, 9.17) is 4.74 Å². The SMILES string of the molecule is O=C(Nc1cccc(C(=O)N2Cc3ccccc3C2)c1)C1CCCO1. The van der Waals surface area contributed by atoms with Crippen molar-refractivity contribution in [2.75, 3.05) is 11.9 Å². The topological polar surface area (TPSA) is 58.6 Å². The van der Waals surface area contributed by atoms with Crippen LogP contribution in [0.2, 0.25) is 0 Å². The van der Waals surface area contributed by atoms with Gasteiger partial charge in [-0.05, 0) is 42.2 Å². The molecule has 4 rings (SSSR count). The van der Waals surface area contributed by atoms with Crippen LogP contribution < -0.4 is 5.32 Å². The highest BCUT2D eigenvalue weighted by Crippen LogP contribution is 2.25. The van der Waals surface area contributed by atoms with Crippen molar-refractivity contribution < 1.29 is 14.3 Å². The lowest BCUT2D eigenvalue weighted by molar-refractivity contribution is -0.124. The van der Waals surface area contributed by atoms with E-state index in [1.807, 2.05) is 17.0 Å². The van der Waals surface area contributed by atoms with Gasteiger partial charge in [0.1, 0.15) is 6.10 Å². The number of amides is 2. The van der Waals surface area contributed by atoms with E-state index < -0.39 is 0 Å². The lowest BCUT2D eigenvalue weighted by atomic mass is 10.1. The van der Waals surface area contributed by atoms with Crippen LogP contribution in [0.1, 0.15) is 34.3 Å². The van der Waals surface area contributed by atoms with Gasteiger partial charge in [-0.1, -0.05) is 30.3 Å². The predicted molar refractivity (Wildman–Crippen MR) is 94.1 cm³/mol. The number of fused-ring (bicyclic) bond motifs is 1. The summed E-state index contributed by atoms with van der Waals surface area (Å²) in [5.74, 6) is -0.167. The van der Waals surface area contributed by atoms with Crippen LogP contribution in [-0.4, -0.2) is 29.4 Å². The van der Waals surface area contributed by atoms with E-state index in [-0.39, 0.29) is 17.9 Å². The van der Waals surface area contributed by atoms with Crippen molar-refractivity contribution in [3.63, 3.8) is 0 Å². The Kier molecular flexibility index (Phi) is 4.24. The molecule has 0 saturated carbocycles. The molecule has 1 fully saturated rings. The molecule has 1 saturated heterocycles. The summed E-state index contributed by atoms with van der Waals surface area (Å²) in [6.45, 7) is 1.88. The molecule has 0 aliphatic carbocycles. The summed E-state index contributed by atoms with van der Waals surface area (Å²) in [6.07, 6.45) is 1.27. The number of carbonyl (C=O) groups is 2. The normalized spacial score (nSPS) is 18.9. The van der Waals surface area contributed by atoms with Crippen molar-refractivity contribution in [3.8, 4) is 0 Å². The minimum atomic E-state index is -0.382. The van der Waals surface area contributed by atoms with Crippen molar-refractivity contribution in [2.24, 2.45) is 0 Å². The minimum absolute atomic E-state index is 0.0237. The van der Waals surface area contributed by atoms with Crippen LogP contribution in [0.15, 0.2) is 48.5 Å². The summed E-state index contributed by atoms with van der Waals surface area (Å²) in [7, 11) is 0. The molecule has 2 heterocycles. The molecule has 1 atom stereocenters. The van der Waals surface area contributed by atoms with E-state index in [0.29, 0.717) is 30.9 Å². The predicted octanol–water partition coefficient (Wildman–Crippen LogP) is 2.96. The van der Waals surface area contributed by atoms with E-state index in [9.17, 15) is 9.59 Å². The fraction of sp³-hybridized carbons (Fsp3) is 0.300. The lowest BCUT2D eigenvalue weighted by Gasteiger charge is -2.16. The largest absolute Gasteiger partial charge is 0.368 e. The molecule has 25 heavy (non-hydrogen) atoms. The Morgan fingerprint density at radius 3 is 2.48 bits per heavy atom. The quantitative estimate of drug-likeness (QED) is 0.937. The number of rotatable bonds is 3. The summed E-state index contributed by atoms with van der Waals surface area (Å²) < 4.78 is 5.39. The molecule has 0 bridgehead atoms. The molecule has 2 amide bonds. The van der Waals surface area contributed by atoms with Gasteiger partial charge in [0.2, 0.25) is 0 Å². The number of hydrogen-bond donors (Lipinski definition) is 1. The molecule has 2 aliphatic heterocycles. The Labute approximate surface area is 146 Å². The van der Waals surface area contributed by atoms with Crippen molar-refractivity contribution in [2.45, 2.75) is 32.0 Å². The van der Waals surface area contributed by atoms with Crippen molar-refractivity contribution >= 4 is 17.5 Å². The molecule has 2 aliphatic rings. The summed E-state index contributed by atoms with van der Waals surface area (Å²) in [6, 6.07) is 15.2. The Morgan fingerprint density at radius 2 is 1.80 bits per heavy atom. The van der Waals surface area contributed by atoms with Crippen LogP contribution in [0.3, 0.4) is 0 Å². The van der Waals surface area contributed by atoms with E-state index in [0.717, 1.165) is 12.8 Å². The molecule has 1 N–H and O–H groups in total. The smallest absolute Gasteiger partial charge is 0.254 e. The summed E-state index contributed by atoms with van der Waals surface area (Å²) in [4.78, 5) is 26.8. The number of nitrogens with zero attached hydrogens (tertiary/aromatic N) is 1. The molecule has 5 nitrogen and oxygen atoms in total. The molecule has 2 aromatic carbocycles. The van der Waals surface area contributed by atoms with Gasteiger partial charge in [-0.25, -0.2) is 0 Å². The average molecular weight is 336 g/mol. The van der Waals surface area contributed by atoms with Gasteiger partial charge in [0.05, 0.1) is 0 Å². The third-order valence-electron chi connectivity index (χ3n) is 4.73. The first-order valence-electron chi connectivity index (χ1n) is 8.59. The number of ether oxygens (including phenoxy) is 1. The second kappa shape index (κ2) is 6.69. The van der Waals surface area contributed by atoms with Gasteiger partial charge < -0.3 is 15.0 Å². The molecule has 2 aromatic rings. The van der Waals surface area contributed by atoms with Crippen LogP contribution in [0.5, 0.6) is 0 Å². The summed E-state index contributed by atoms with van der Waals surface area (Å²) in [5, 5.41) is 2.85. The highest BCUT2D eigenvalue weighted by Gasteiger charge is 2.25. The zero-order valence-electron chi connectivity index (χ0n) is 13.9. The maximum Gasteiger partial charge on any atom is 0.254 e. The van der Waals surface area contributed by atoms with Crippen molar-refractivity contribution in [3.05, 3.63) is 65.2 Å². The molecule has 0 radical (unpaired) electrons. The van der Waals surface area contributed by atoms with Gasteiger partial charge in [0.15, 0.2) is 0 Å². The first-order valence-corrected chi connectivity index (χ1v) is 8.59. The zero-order chi connectivity index (χ0) is 17.2. The first kappa shape index (κ1) is 15.8. The molecule has 1 unspecified atom stereocenters. The Balaban J connectivity index is 1.46. The Hall–Kier alpha value is -2.66. The summed E-state index contributed by atoms with van der Waals surface area (Å²) in [5.41, 5.74) is 3.60. The average Bonchev–Trinajstić information content (AvgIpc) is 3.30. The third-order valence-corrected chi connectivity index (χ3v) is 4.73. The van der Waals surface area contributed by atoms with Gasteiger partial charge in [-0.2, -0.15) is 0 Å². The van der Waals surface area contributed by atoms with Crippen molar-refractivity contribution in [1.82, 2.24) is 4.90 Å². The molecule has 5 heteroatoms. The highest BCUT2D eigenvalue weighted by atomic mass is 16.5. The number of anilines is 1. The standard InChI is InChI=1S/C20H20N2O3/c23-19(18-9-4-10-25-18)21-17-8-3-7-14(11-17)20(24)22-12-15-5-1-2-6-16(15)13-22/h1-3,5-8,11,18H,4,9-10,12-13H2,(H,21,23). The van der Waals surface area contributed by atoms with Crippen LogP contribution in [-0.2, 0) is 22.6 Å². The molecular weight excluding hydrogens is 316 g/mol. The van der Waals surface area contributed by atoms with Crippen molar-refractivity contribution in [1.29, 1.82) is 0 Å². The molecular formula is C20H20N2O3. The maximum atomic E-state index is 12.8. The second-order valence-corrected chi connectivity index (χ2v) is 6.50. The van der Waals surface area contributed by atoms with Crippen LogP contribution in [0.25, 0.3) is 0 Å². The minimum Gasteiger partial charge on any atom is -0.368 e. The lowest BCUT2D eigenvalue weighted by Crippen LogP contribution is -2.27. The van der Waals surface area contributed by atoms with Gasteiger partial charge in [0, 0.05) is 30.9 Å². The number of benzene rings is 2. The number of nitrogens with one attached hydrogen (secondary N) is 1. The summed E-state index contributed by atoms with van der Waals surface area (Å²) >= 11 is 0. The Morgan fingerprint density at radius 1 is 1.04 bits per heavy atom. The van der Waals surface area contributed by atoms with Gasteiger partial charge in [-0.3, -0.25) is 9.59 Å². The van der Waals surface area contributed by atoms with Crippen LogP contribution >= 0.6 is 0 Å². The van der Waals surface area contributed by atoms with E-state index in [2.05, 4.69) is 17.4 Å². The number of hydrogen-bond acceptors (Lipinski definition) is 3.